The fourth-order valence-electron chi connectivity index (χ4n) is 3.62. The summed E-state index contributed by atoms with van der Waals surface area (Å²) in [5, 5.41) is 5.10. The third kappa shape index (κ3) is 5.46. The van der Waals surface area contributed by atoms with Gasteiger partial charge in [-0.15, -0.1) is 0 Å². The van der Waals surface area contributed by atoms with E-state index >= 15 is 0 Å². The number of benzene rings is 2. The largest absolute Gasteiger partial charge is 0.486 e. The Morgan fingerprint density at radius 1 is 1.12 bits per heavy atom. The van der Waals surface area contributed by atoms with E-state index in [9.17, 15) is 13.6 Å². The van der Waals surface area contributed by atoms with Crippen LogP contribution in [0, 0.1) is 18.6 Å². The van der Waals surface area contributed by atoms with Crippen LogP contribution in [0.2, 0.25) is 10.0 Å². The van der Waals surface area contributed by atoms with Crippen molar-refractivity contribution < 1.29 is 22.8 Å². The fraction of sp³-hybridized carbons (Fsp3) is 0.304. The minimum Gasteiger partial charge on any atom is -0.486 e. The first kappa shape index (κ1) is 23.5. The number of aromatic nitrogens is 1. The Labute approximate surface area is 199 Å². The van der Waals surface area contributed by atoms with Crippen LogP contribution in [-0.4, -0.2) is 47.0 Å². The van der Waals surface area contributed by atoms with Crippen LogP contribution in [0.25, 0.3) is 0 Å². The third-order valence-electron chi connectivity index (χ3n) is 5.52. The van der Waals surface area contributed by atoms with Crippen LogP contribution in [0.5, 0.6) is 5.75 Å². The summed E-state index contributed by atoms with van der Waals surface area (Å²) in [4.78, 5) is 17.0. The maximum atomic E-state index is 13.9. The van der Waals surface area contributed by atoms with Gasteiger partial charge in [-0.3, -0.25) is 9.69 Å². The molecule has 2 aromatic carbocycles. The molecule has 1 aliphatic heterocycles. The summed E-state index contributed by atoms with van der Waals surface area (Å²) in [6.45, 7) is 4.50. The third-order valence-corrected chi connectivity index (χ3v) is 6.11. The molecule has 1 saturated heterocycles. The van der Waals surface area contributed by atoms with Gasteiger partial charge >= 0.3 is 0 Å². The van der Waals surface area contributed by atoms with Crippen LogP contribution < -0.4 is 4.74 Å². The molecule has 4 rings (SSSR count). The predicted molar refractivity (Wildman–Crippen MR) is 120 cm³/mol. The van der Waals surface area contributed by atoms with Gasteiger partial charge in [0.1, 0.15) is 18.2 Å². The van der Waals surface area contributed by atoms with Crippen LogP contribution in [0.3, 0.4) is 0 Å². The van der Waals surface area contributed by atoms with Crippen LogP contribution >= 0.6 is 23.2 Å². The van der Waals surface area contributed by atoms with E-state index < -0.39 is 11.6 Å². The van der Waals surface area contributed by atoms with Crippen LogP contribution in [-0.2, 0) is 13.2 Å². The number of aryl methyl sites for hydroxylation is 1. The highest BCUT2D eigenvalue weighted by Gasteiger charge is 2.28. The number of halogens is 4. The van der Waals surface area contributed by atoms with Crippen LogP contribution in [0.4, 0.5) is 8.78 Å². The standard InChI is InChI=1S/C23H21Cl2F2N3O3/c1-14-18(13-32-21-5-4-17(26)11-20(21)27)22(28-33-14)23(31)30-8-6-29(7-9-30)12-15-2-3-16(24)10-19(15)25/h2-5,10-11H,6-9,12-13H2,1H3. The number of rotatable bonds is 6. The van der Waals surface area contributed by atoms with E-state index in [-0.39, 0.29) is 24.0 Å². The number of nitrogens with zero attached hydrogens (tertiary/aromatic N) is 3. The summed E-state index contributed by atoms with van der Waals surface area (Å²) in [5.74, 6) is -1.53. The van der Waals surface area contributed by atoms with E-state index in [0.717, 1.165) is 17.7 Å². The van der Waals surface area contributed by atoms with E-state index in [1.165, 1.54) is 6.07 Å². The second-order valence-corrected chi connectivity index (χ2v) is 8.58. The minimum atomic E-state index is -0.825. The first-order valence-electron chi connectivity index (χ1n) is 10.3. The van der Waals surface area contributed by atoms with Crippen molar-refractivity contribution in [3.8, 4) is 5.75 Å². The van der Waals surface area contributed by atoms with Crippen molar-refractivity contribution in [2.24, 2.45) is 0 Å². The molecule has 3 aromatic rings. The lowest BCUT2D eigenvalue weighted by atomic mass is 10.1. The second kappa shape index (κ2) is 10.1. The Kier molecular flexibility index (Phi) is 7.17. The zero-order valence-corrected chi connectivity index (χ0v) is 19.3. The molecule has 0 unspecified atom stereocenters. The molecular weight excluding hydrogens is 475 g/mol. The van der Waals surface area contributed by atoms with Crippen LogP contribution in [0.1, 0.15) is 27.4 Å². The summed E-state index contributed by atoms with van der Waals surface area (Å²) < 4.78 is 37.6. The van der Waals surface area contributed by atoms with Crippen molar-refractivity contribution >= 4 is 29.1 Å². The summed E-state index contributed by atoms with van der Waals surface area (Å²) >= 11 is 12.2. The Balaban J connectivity index is 1.38. The highest BCUT2D eigenvalue weighted by molar-refractivity contribution is 6.35. The highest BCUT2D eigenvalue weighted by Crippen LogP contribution is 2.24. The highest BCUT2D eigenvalue weighted by atomic mass is 35.5. The predicted octanol–water partition coefficient (Wildman–Crippen LogP) is 5.11. The maximum absolute atomic E-state index is 13.9. The number of piperazine rings is 1. The number of carbonyl (C=O) groups is 1. The molecule has 0 spiro atoms. The fourth-order valence-corrected chi connectivity index (χ4v) is 4.09. The first-order chi connectivity index (χ1) is 15.8. The van der Waals surface area contributed by atoms with Crippen molar-refractivity contribution in [3.63, 3.8) is 0 Å². The average Bonchev–Trinajstić information content (AvgIpc) is 3.15. The smallest absolute Gasteiger partial charge is 0.276 e. The molecule has 6 nitrogen and oxygen atoms in total. The number of carbonyl (C=O) groups excluding carboxylic acids is 1. The van der Waals surface area contributed by atoms with Gasteiger partial charge in [0.2, 0.25) is 0 Å². The van der Waals surface area contributed by atoms with Gasteiger partial charge in [0, 0.05) is 48.8 Å². The van der Waals surface area contributed by atoms with E-state index in [1.54, 1.807) is 24.0 Å². The number of hydrogen-bond donors (Lipinski definition) is 0. The average molecular weight is 496 g/mol. The summed E-state index contributed by atoms with van der Waals surface area (Å²) in [6.07, 6.45) is 0. The molecule has 1 amide bonds. The molecule has 174 valence electrons. The molecule has 2 heterocycles. The zero-order valence-electron chi connectivity index (χ0n) is 17.8. The van der Waals surface area contributed by atoms with Crippen molar-refractivity contribution in [1.82, 2.24) is 15.0 Å². The Morgan fingerprint density at radius 2 is 1.88 bits per heavy atom. The zero-order chi connectivity index (χ0) is 23.5. The van der Waals surface area contributed by atoms with E-state index in [4.69, 9.17) is 32.5 Å². The molecule has 0 bridgehead atoms. The lowest BCUT2D eigenvalue weighted by Crippen LogP contribution is -2.48. The summed E-state index contributed by atoms with van der Waals surface area (Å²) in [5.41, 5.74) is 1.53. The maximum Gasteiger partial charge on any atom is 0.276 e. The summed E-state index contributed by atoms with van der Waals surface area (Å²) in [7, 11) is 0. The quantitative estimate of drug-likeness (QED) is 0.475. The SMILES string of the molecule is Cc1onc(C(=O)N2CCN(Cc3ccc(Cl)cc3Cl)CC2)c1COc1ccc(F)cc1F. The number of hydrogen-bond acceptors (Lipinski definition) is 5. The molecule has 0 N–H and O–H groups in total. The lowest BCUT2D eigenvalue weighted by Gasteiger charge is -2.34. The van der Waals surface area contributed by atoms with Crippen molar-refractivity contribution in [2.75, 3.05) is 26.2 Å². The molecule has 1 aromatic heterocycles. The monoisotopic (exact) mass is 495 g/mol. The topological polar surface area (TPSA) is 58.8 Å². The van der Waals surface area contributed by atoms with Crippen molar-refractivity contribution in [2.45, 2.75) is 20.1 Å². The van der Waals surface area contributed by atoms with E-state index in [2.05, 4.69) is 10.1 Å². The molecule has 0 aliphatic carbocycles. The molecule has 0 saturated carbocycles. The lowest BCUT2D eigenvalue weighted by molar-refractivity contribution is 0.0616. The van der Waals surface area contributed by atoms with Gasteiger partial charge in [-0.25, -0.2) is 8.78 Å². The van der Waals surface area contributed by atoms with Crippen molar-refractivity contribution in [1.29, 1.82) is 0 Å². The second-order valence-electron chi connectivity index (χ2n) is 7.73. The molecular formula is C23H21Cl2F2N3O3. The van der Waals surface area contributed by atoms with Gasteiger partial charge in [0.25, 0.3) is 5.91 Å². The van der Waals surface area contributed by atoms with E-state index in [1.807, 2.05) is 6.07 Å². The molecule has 0 radical (unpaired) electrons. The van der Waals surface area contributed by atoms with Crippen LogP contribution in [0.15, 0.2) is 40.9 Å². The molecule has 1 aliphatic rings. The number of amides is 1. The van der Waals surface area contributed by atoms with Gasteiger partial charge in [0.05, 0.1) is 5.56 Å². The Morgan fingerprint density at radius 3 is 2.58 bits per heavy atom. The Bertz CT molecular complexity index is 1160. The van der Waals surface area contributed by atoms with Gasteiger partial charge in [-0.2, -0.15) is 0 Å². The first-order valence-corrected chi connectivity index (χ1v) is 11.1. The minimum absolute atomic E-state index is 0.120. The van der Waals surface area contributed by atoms with Gasteiger partial charge in [-0.05, 0) is 36.8 Å². The van der Waals surface area contributed by atoms with Gasteiger partial charge in [0.15, 0.2) is 17.3 Å². The summed E-state index contributed by atoms with van der Waals surface area (Å²) in [6, 6.07) is 8.45. The number of ether oxygens (including phenoxy) is 1. The molecule has 10 heteroatoms. The van der Waals surface area contributed by atoms with E-state index in [0.29, 0.717) is 54.1 Å². The molecule has 33 heavy (non-hydrogen) atoms. The Hall–Kier alpha value is -2.68. The normalized spacial score (nSPS) is 14.5. The molecule has 0 atom stereocenters. The van der Waals surface area contributed by atoms with Crippen molar-refractivity contribution in [3.05, 3.63) is 80.7 Å². The molecule has 1 fully saturated rings. The van der Waals surface area contributed by atoms with Gasteiger partial charge < -0.3 is 14.2 Å². The van der Waals surface area contributed by atoms with Gasteiger partial charge in [-0.1, -0.05) is 34.4 Å².